The van der Waals surface area contributed by atoms with Crippen LogP contribution in [0.3, 0.4) is 0 Å². The highest BCUT2D eigenvalue weighted by molar-refractivity contribution is 6.01. The number of piperidine rings is 1. The summed E-state index contributed by atoms with van der Waals surface area (Å²) in [4.78, 5) is 19.9. The molecule has 1 aromatic rings. The molecule has 0 unspecified atom stereocenters. The van der Waals surface area contributed by atoms with Crippen molar-refractivity contribution in [2.45, 2.75) is 19.3 Å². The number of aliphatic imine (C=N–C) groups is 1. The minimum absolute atomic E-state index is 0.204. The molecular weight excluding hydrogens is 226 g/mol. The first kappa shape index (κ1) is 12.6. The molecule has 18 heavy (non-hydrogen) atoms. The zero-order valence-corrected chi connectivity index (χ0v) is 11.0. The van der Waals surface area contributed by atoms with Crippen molar-refractivity contribution < 1.29 is 4.79 Å². The summed E-state index contributed by atoms with van der Waals surface area (Å²) < 4.78 is 0. The van der Waals surface area contributed by atoms with E-state index in [0.717, 1.165) is 30.9 Å². The number of nitrogens with zero attached hydrogens (tertiary/aromatic N) is 3. The molecule has 0 bridgehead atoms. The first-order valence-electron chi connectivity index (χ1n) is 6.30. The Labute approximate surface area is 108 Å². The van der Waals surface area contributed by atoms with Crippen LogP contribution in [0.25, 0.3) is 0 Å². The van der Waals surface area contributed by atoms with Gasteiger partial charge in [0.1, 0.15) is 5.84 Å². The van der Waals surface area contributed by atoms with E-state index in [1.165, 1.54) is 6.42 Å². The lowest BCUT2D eigenvalue weighted by molar-refractivity contribution is 0.254. The lowest BCUT2D eigenvalue weighted by Crippen LogP contribution is -2.34. The van der Waals surface area contributed by atoms with Gasteiger partial charge < -0.3 is 4.90 Å². The molecular formula is C14H19N3O. The smallest absolute Gasteiger partial charge is 0.349 e. The maximum atomic E-state index is 12.1. The quantitative estimate of drug-likeness (QED) is 0.762. The van der Waals surface area contributed by atoms with E-state index >= 15 is 0 Å². The molecule has 1 saturated heterocycles. The molecule has 0 aliphatic carbocycles. The van der Waals surface area contributed by atoms with Gasteiger partial charge in [-0.3, -0.25) is 4.90 Å². The van der Waals surface area contributed by atoms with Crippen molar-refractivity contribution in [3.05, 3.63) is 30.3 Å². The number of para-hydroxylation sites is 1. The standard InChI is InChI=1S/C14H19N3O/c1-16-11-7-6-10-13(16)15-14(18)17(2)12-8-4-3-5-9-12/h3-5,8-9H,6-7,10-11H2,1-2H3/b15-13-. The van der Waals surface area contributed by atoms with Crippen LogP contribution in [-0.2, 0) is 0 Å². The molecule has 0 radical (unpaired) electrons. The van der Waals surface area contributed by atoms with Gasteiger partial charge in [0.2, 0.25) is 0 Å². The molecule has 0 spiro atoms. The SMILES string of the molecule is CN1CCCC/C1=N/C(=O)N(C)c1ccccc1. The number of carbonyl (C=O) groups excluding carboxylic acids is 1. The third kappa shape index (κ3) is 2.88. The van der Waals surface area contributed by atoms with E-state index in [0.29, 0.717) is 0 Å². The second-order valence-electron chi connectivity index (χ2n) is 4.58. The molecule has 0 atom stereocenters. The topological polar surface area (TPSA) is 35.9 Å². The largest absolute Gasteiger partial charge is 0.363 e. The van der Waals surface area contributed by atoms with Gasteiger partial charge in [-0.2, -0.15) is 4.99 Å². The lowest BCUT2D eigenvalue weighted by atomic mass is 10.1. The highest BCUT2D eigenvalue weighted by atomic mass is 16.2. The monoisotopic (exact) mass is 245 g/mol. The summed E-state index contributed by atoms with van der Waals surface area (Å²) >= 11 is 0. The molecule has 1 fully saturated rings. The number of hydrogen-bond acceptors (Lipinski definition) is 1. The third-order valence-corrected chi connectivity index (χ3v) is 3.24. The maximum absolute atomic E-state index is 12.1. The van der Waals surface area contributed by atoms with Gasteiger partial charge in [-0.25, -0.2) is 4.79 Å². The number of benzene rings is 1. The van der Waals surface area contributed by atoms with E-state index in [4.69, 9.17) is 0 Å². The van der Waals surface area contributed by atoms with Gasteiger partial charge in [0.05, 0.1) is 0 Å². The molecule has 0 aromatic heterocycles. The molecule has 96 valence electrons. The van der Waals surface area contributed by atoms with E-state index in [2.05, 4.69) is 9.89 Å². The number of rotatable bonds is 1. The van der Waals surface area contributed by atoms with Crippen LogP contribution in [-0.4, -0.2) is 37.4 Å². The lowest BCUT2D eigenvalue weighted by Gasteiger charge is -2.26. The summed E-state index contributed by atoms with van der Waals surface area (Å²) in [5, 5.41) is 0. The van der Waals surface area contributed by atoms with Crippen LogP contribution >= 0.6 is 0 Å². The summed E-state index contributed by atoms with van der Waals surface area (Å²) in [5.74, 6) is 0.897. The Hall–Kier alpha value is -1.84. The van der Waals surface area contributed by atoms with Crippen molar-refractivity contribution in [3.8, 4) is 0 Å². The number of anilines is 1. The Bertz CT molecular complexity index is 442. The van der Waals surface area contributed by atoms with Gasteiger partial charge in [-0.15, -0.1) is 0 Å². The van der Waals surface area contributed by atoms with Crippen LogP contribution < -0.4 is 4.90 Å². The number of likely N-dealkylation sites (tertiary alicyclic amines) is 1. The number of amidine groups is 1. The maximum Gasteiger partial charge on any atom is 0.349 e. The molecule has 1 aromatic carbocycles. The Morgan fingerprint density at radius 2 is 2.00 bits per heavy atom. The van der Waals surface area contributed by atoms with Gasteiger partial charge >= 0.3 is 6.03 Å². The van der Waals surface area contributed by atoms with E-state index in [1.807, 2.05) is 37.4 Å². The zero-order valence-electron chi connectivity index (χ0n) is 11.0. The van der Waals surface area contributed by atoms with Crippen molar-refractivity contribution in [1.82, 2.24) is 4.90 Å². The Balaban J connectivity index is 2.09. The molecule has 0 N–H and O–H groups in total. The minimum Gasteiger partial charge on any atom is -0.363 e. The first-order chi connectivity index (χ1) is 8.68. The molecule has 0 saturated carbocycles. The number of amides is 2. The van der Waals surface area contributed by atoms with Crippen molar-refractivity contribution in [1.29, 1.82) is 0 Å². The van der Waals surface area contributed by atoms with Crippen LogP contribution in [0.4, 0.5) is 10.5 Å². The highest BCUT2D eigenvalue weighted by Gasteiger charge is 2.16. The van der Waals surface area contributed by atoms with Crippen LogP contribution in [0, 0.1) is 0 Å². The van der Waals surface area contributed by atoms with Crippen molar-refractivity contribution in [2.75, 3.05) is 25.5 Å². The van der Waals surface area contributed by atoms with E-state index < -0.39 is 0 Å². The Morgan fingerprint density at radius 1 is 1.28 bits per heavy atom. The average Bonchev–Trinajstić information content (AvgIpc) is 2.41. The molecule has 2 rings (SSSR count). The van der Waals surface area contributed by atoms with E-state index in [1.54, 1.807) is 11.9 Å². The van der Waals surface area contributed by atoms with Gasteiger partial charge in [-0.05, 0) is 25.0 Å². The third-order valence-electron chi connectivity index (χ3n) is 3.24. The second-order valence-corrected chi connectivity index (χ2v) is 4.58. The average molecular weight is 245 g/mol. The molecule has 4 heteroatoms. The predicted molar refractivity (Wildman–Crippen MR) is 74.2 cm³/mol. The molecule has 1 heterocycles. The summed E-state index contributed by atoms with van der Waals surface area (Å²) in [5.41, 5.74) is 0.866. The van der Waals surface area contributed by atoms with Crippen molar-refractivity contribution in [2.24, 2.45) is 4.99 Å². The summed E-state index contributed by atoms with van der Waals surface area (Å²) in [6.07, 6.45) is 3.19. The zero-order chi connectivity index (χ0) is 13.0. The molecule has 1 aliphatic heterocycles. The van der Waals surface area contributed by atoms with Gasteiger partial charge in [-0.1, -0.05) is 18.2 Å². The van der Waals surface area contributed by atoms with E-state index in [9.17, 15) is 4.79 Å². The normalized spacial score (nSPS) is 17.9. The van der Waals surface area contributed by atoms with Crippen molar-refractivity contribution in [3.63, 3.8) is 0 Å². The fraction of sp³-hybridized carbons (Fsp3) is 0.429. The number of carbonyl (C=O) groups is 1. The predicted octanol–water partition coefficient (Wildman–Crippen LogP) is 2.76. The Kier molecular flexibility index (Phi) is 3.97. The summed E-state index contributed by atoms with van der Waals surface area (Å²) in [6.45, 7) is 0.987. The van der Waals surface area contributed by atoms with E-state index in [-0.39, 0.29) is 6.03 Å². The van der Waals surface area contributed by atoms with Crippen LogP contribution in [0.5, 0.6) is 0 Å². The highest BCUT2D eigenvalue weighted by Crippen LogP contribution is 2.14. The van der Waals surface area contributed by atoms with Gasteiger partial charge in [0.15, 0.2) is 0 Å². The number of hydrogen-bond donors (Lipinski definition) is 0. The summed E-state index contributed by atoms with van der Waals surface area (Å²) in [7, 11) is 3.75. The van der Waals surface area contributed by atoms with Crippen LogP contribution in [0.1, 0.15) is 19.3 Å². The first-order valence-corrected chi connectivity index (χ1v) is 6.30. The molecule has 2 amide bonds. The van der Waals surface area contributed by atoms with Crippen LogP contribution in [0.15, 0.2) is 35.3 Å². The Morgan fingerprint density at radius 3 is 2.67 bits per heavy atom. The fourth-order valence-electron chi connectivity index (χ4n) is 2.04. The van der Waals surface area contributed by atoms with Crippen LogP contribution in [0.2, 0.25) is 0 Å². The molecule has 1 aliphatic rings. The fourth-order valence-corrected chi connectivity index (χ4v) is 2.04. The molecule has 4 nitrogen and oxygen atoms in total. The van der Waals surface area contributed by atoms with Gasteiger partial charge in [0, 0.05) is 32.7 Å². The number of urea groups is 1. The second kappa shape index (κ2) is 5.67. The minimum atomic E-state index is -0.204. The van der Waals surface area contributed by atoms with Crippen molar-refractivity contribution >= 4 is 17.6 Å². The van der Waals surface area contributed by atoms with Gasteiger partial charge in [0.25, 0.3) is 0 Å². The summed E-state index contributed by atoms with van der Waals surface area (Å²) in [6, 6.07) is 9.37.